The van der Waals surface area contributed by atoms with Crippen molar-refractivity contribution in [2.75, 3.05) is 0 Å². The maximum Gasteiger partial charge on any atom is 0.151 e. The van der Waals surface area contributed by atoms with Crippen LogP contribution in [0.3, 0.4) is 0 Å². The summed E-state index contributed by atoms with van der Waals surface area (Å²) in [6.45, 7) is 3.70. The van der Waals surface area contributed by atoms with Gasteiger partial charge in [0.05, 0.1) is 0 Å². The van der Waals surface area contributed by atoms with E-state index < -0.39 is 0 Å². The minimum atomic E-state index is 0.504. The molecule has 1 aromatic rings. The Kier molecular flexibility index (Phi) is 2.31. The molecule has 0 unspecified atom stereocenters. The minimum Gasteiger partial charge on any atom is -0.460 e. The zero-order valence-corrected chi connectivity index (χ0v) is 6.66. The van der Waals surface area contributed by atoms with Gasteiger partial charge in [-0.3, -0.25) is 0 Å². The van der Waals surface area contributed by atoms with Gasteiger partial charge < -0.3 is 9.62 Å². The fourth-order valence-corrected chi connectivity index (χ4v) is 0.812. The van der Waals surface area contributed by atoms with E-state index in [0.717, 1.165) is 12.2 Å². The first-order valence-corrected chi connectivity index (χ1v) is 3.55. The molecule has 0 aliphatic rings. The van der Waals surface area contributed by atoms with Gasteiger partial charge in [-0.05, 0) is 19.1 Å². The van der Waals surface area contributed by atoms with Crippen molar-refractivity contribution in [3.8, 4) is 0 Å². The monoisotopic (exact) mass is 153 g/mol. The van der Waals surface area contributed by atoms with E-state index in [0.29, 0.717) is 11.5 Å². The molecule has 1 N–H and O–H groups in total. The molecule has 0 radical (unpaired) electrons. The Balaban J connectivity index is 2.89. The molecule has 0 amide bonds. The molecule has 1 rings (SSSR count). The minimum absolute atomic E-state index is 0.504. The van der Waals surface area contributed by atoms with Crippen LogP contribution in [0.25, 0.3) is 0 Å². The second-order valence-electron chi connectivity index (χ2n) is 2.30. The van der Waals surface area contributed by atoms with Crippen molar-refractivity contribution in [3.63, 3.8) is 0 Å². The maximum atomic E-state index is 8.40. The summed E-state index contributed by atoms with van der Waals surface area (Å²) < 4.78 is 5.29. The highest BCUT2D eigenvalue weighted by Gasteiger charge is 2.02. The smallest absolute Gasteiger partial charge is 0.151 e. The van der Waals surface area contributed by atoms with Crippen molar-refractivity contribution in [1.82, 2.24) is 0 Å². The summed E-state index contributed by atoms with van der Waals surface area (Å²) in [5.41, 5.74) is 0.504. The number of hydrogen-bond acceptors (Lipinski definition) is 3. The van der Waals surface area contributed by atoms with Crippen molar-refractivity contribution in [3.05, 3.63) is 23.7 Å². The number of aryl methyl sites for hydroxylation is 1. The highest BCUT2D eigenvalue weighted by atomic mass is 16.4. The van der Waals surface area contributed by atoms with E-state index >= 15 is 0 Å². The lowest BCUT2D eigenvalue weighted by Crippen LogP contribution is -1.90. The molecule has 0 spiro atoms. The summed E-state index contributed by atoms with van der Waals surface area (Å²) in [5.74, 6) is 1.53. The molecule has 0 saturated heterocycles. The highest BCUT2D eigenvalue weighted by Crippen LogP contribution is 2.08. The van der Waals surface area contributed by atoms with Gasteiger partial charge in [0.15, 0.2) is 5.76 Å². The highest BCUT2D eigenvalue weighted by molar-refractivity contribution is 5.95. The average molecular weight is 153 g/mol. The zero-order chi connectivity index (χ0) is 8.27. The molecule has 0 aliphatic carbocycles. The van der Waals surface area contributed by atoms with Crippen molar-refractivity contribution < 1.29 is 9.62 Å². The van der Waals surface area contributed by atoms with E-state index in [9.17, 15) is 0 Å². The number of rotatable bonds is 2. The van der Waals surface area contributed by atoms with Gasteiger partial charge in [-0.1, -0.05) is 12.1 Å². The Morgan fingerprint density at radius 3 is 2.82 bits per heavy atom. The molecule has 0 aliphatic heterocycles. The Labute approximate surface area is 65.3 Å². The van der Waals surface area contributed by atoms with Crippen LogP contribution in [0.5, 0.6) is 0 Å². The van der Waals surface area contributed by atoms with Gasteiger partial charge in [0.2, 0.25) is 0 Å². The largest absolute Gasteiger partial charge is 0.460 e. The maximum absolute atomic E-state index is 8.40. The second-order valence-corrected chi connectivity index (χ2v) is 2.30. The van der Waals surface area contributed by atoms with Crippen LogP contribution in [0, 0.1) is 0 Å². The van der Waals surface area contributed by atoms with Gasteiger partial charge in [-0.15, -0.1) is 0 Å². The van der Waals surface area contributed by atoms with Gasteiger partial charge in [0, 0.05) is 6.42 Å². The fourth-order valence-electron chi connectivity index (χ4n) is 0.812. The van der Waals surface area contributed by atoms with E-state index in [1.54, 1.807) is 13.0 Å². The molecule has 0 aromatic carbocycles. The lowest BCUT2D eigenvalue weighted by Gasteiger charge is -1.90. The molecule has 3 heteroatoms. The average Bonchev–Trinajstić information content (AvgIpc) is 2.50. The Hall–Kier alpha value is -1.25. The predicted molar refractivity (Wildman–Crippen MR) is 42.1 cm³/mol. The number of oxime groups is 1. The second kappa shape index (κ2) is 3.23. The molecule has 3 nitrogen and oxygen atoms in total. The molecular weight excluding hydrogens is 142 g/mol. The first-order chi connectivity index (χ1) is 5.27. The SMILES string of the molecule is CCc1ccc(/C(C)=N/O)o1. The number of nitrogens with zero attached hydrogens (tertiary/aromatic N) is 1. The van der Waals surface area contributed by atoms with Crippen LogP contribution < -0.4 is 0 Å². The Morgan fingerprint density at radius 2 is 2.36 bits per heavy atom. The van der Waals surface area contributed by atoms with Crippen molar-refractivity contribution in [1.29, 1.82) is 0 Å². The van der Waals surface area contributed by atoms with E-state index in [1.165, 1.54) is 0 Å². The molecule has 0 bridgehead atoms. The van der Waals surface area contributed by atoms with Crippen LogP contribution in [-0.4, -0.2) is 10.9 Å². The van der Waals surface area contributed by atoms with Gasteiger partial charge >= 0.3 is 0 Å². The molecule has 60 valence electrons. The van der Waals surface area contributed by atoms with Crippen LogP contribution in [-0.2, 0) is 6.42 Å². The van der Waals surface area contributed by atoms with Gasteiger partial charge in [-0.25, -0.2) is 0 Å². The third-order valence-electron chi connectivity index (χ3n) is 1.52. The van der Waals surface area contributed by atoms with Crippen molar-refractivity contribution in [2.24, 2.45) is 5.16 Å². The summed E-state index contributed by atoms with van der Waals surface area (Å²) in [6, 6.07) is 3.68. The van der Waals surface area contributed by atoms with Crippen molar-refractivity contribution in [2.45, 2.75) is 20.3 Å². The van der Waals surface area contributed by atoms with Crippen molar-refractivity contribution >= 4 is 5.71 Å². The Bertz CT molecular complexity index is 263. The molecule has 1 heterocycles. The Morgan fingerprint density at radius 1 is 1.64 bits per heavy atom. The molecule has 11 heavy (non-hydrogen) atoms. The van der Waals surface area contributed by atoms with Crippen LogP contribution in [0.4, 0.5) is 0 Å². The third-order valence-corrected chi connectivity index (χ3v) is 1.52. The van der Waals surface area contributed by atoms with Crippen LogP contribution >= 0.6 is 0 Å². The quantitative estimate of drug-likeness (QED) is 0.401. The van der Waals surface area contributed by atoms with Crippen LogP contribution in [0.15, 0.2) is 21.7 Å². The summed E-state index contributed by atoms with van der Waals surface area (Å²) >= 11 is 0. The number of hydrogen-bond donors (Lipinski definition) is 1. The summed E-state index contributed by atoms with van der Waals surface area (Å²) in [7, 11) is 0. The molecule has 0 fully saturated rings. The lowest BCUT2D eigenvalue weighted by molar-refractivity contribution is 0.317. The van der Waals surface area contributed by atoms with Gasteiger partial charge in [0.25, 0.3) is 0 Å². The normalized spacial score (nSPS) is 12.0. The zero-order valence-electron chi connectivity index (χ0n) is 6.66. The topological polar surface area (TPSA) is 45.7 Å². The van der Waals surface area contributed by atoms with Crippen LogP contribution in [0.2, 0.25) is 0 Å². The first-order valence-electron chi connectivity index (χ1n) is 3.55. The first kappa shape index (κ1) is 7.85. The number of furan rings is 1. The predicted octanol–water partition coefficient (Wildman–Crippen LogP) is 2.04. The summed E-state index contributed by atoms with van der Waals surface area (Å²) in [6.07, 6.45) is 0.860. The molecular formula is C8H11NO2. The lowest BCUT2D eigenvalue weighted by atomic mass is 10.3. The van der Waals surface area contributed by atoms with E-state index in [1.807, 2.05) is 13.0 Å². The standard InChI is InChI=1S/C8H11NO2/c1-3-7-4-5-8(11-7)6(2)9-10/h4-5,10H,3H2,1-2H3/b9-6+. The van der Waals surface area contributed by atoms with Crippen LogP contribution in [0.1, 0.15) is 25.4 Å². The molecule has 1 aromatic heterocycles. The fraction of sp³-hybridized carbons (Fsp3) is 0.375. The summed E-state index contributed by atoms with van der Waals surface area (Å²) in [5, 5.41) is 11.4. The van der Waals surface area contributed by atoms with Gasteiger partial charge in [0.1, 0.15) is 11.5 Å². The molecule has 0 atom stereocenters. The summed E-state index contributed by atoms with van der Waals surface area (Å²) in [4.78, 5) is 0. The molecule has 0 saturated carbocycles. The van der Waals surface area contributed by atoms with E-state index in [4.69, 9.17) is 9.62 Å². The van der Waals surface area contributed by atoms with E-state index in [2.05, 4.69) is 5.16 Å². The van der Waals surface area contributed by atoms with E-state index in [-0.39, 0.29) is 0 Å². The third kappa shape index (κ3) is 1.61. The van der Waals surface area contributed by atoms with Gasteiger partial charge in [-0.2, -0.15) is 0 Å².